The molecule has 1 aliphatic rings. The van der Waals surface area contributed by atoms with Gasteiger partial charge >= 0.3 is 12.0 Å². The Morgan fingerprint density at radius 1 is 1.20 bits per heavy atom. The zero-order valence-electron chi connectivity index (χ0n) is 12.9. The Labute approximate surface area is 121 Å². The van der Waals surface area contributed by atoms with Gasteiger partial charge in [-0.3, -0.25) is 4.79 Å². The predicted molar refractivity (Wildman–Crippen MR) is 78.7 cm³/mol. The highest BCUT2D eigenvalue weighted by Gasteiger charge is 2.35. The summed E-state index contributed by atoms with van der Waals surface area (Å²) in [6.45, 7) is 6.42. The van der Waals surface area contributed by atoms with Crippen LogP contribution in [-0.2, 0) is 4.79 Å². The van der Waals surface area contributed by atoms with Crippen LogP contribution in [-0.4, -0.2) is 29.2 Å². The molecule has 0 aromatic carbocycles. The molecule has 1 fully saturated rings. The van der Waals surface area contributed by atoms with Gasteiger partial charge in [-0.25, -0.2) is 4.79 Å². The van der Waals surface area contributed by atoms with E-state index in [1.165, 1.54) is 0 Å². The molecule has 0 unspecified atom stereocenters. The monoisotopic (exact) mass is 284 g/mol. The van der Waals surface area contributed by atoms with E-state index >= 15 is 0 Å². The number of aliphatic carboxylic acids is 1. The van der Waals surface area contributed by atoms with Crippen molar-refractivity contribution in [3.05, 3.63) is 0 Å². The molecule has 1 aliphatic carbocycles. The number of urea groups is 1. The van der Waals surface area contributed by atoms with Crippen molar-refractivity contribution in [1.82, 2.24) is 10.6 Å². The molecule has 0 saturated heterocycles. The predicted octanol–water partition coefficient (Wildman–Crippen LogP) is 2.90. The molecule has 116 valence electrons. The van der Waals surface area contributed by atoms with Gasteiger partial charge in [-0.05, 0) is 38.5 Å². The summed E-state index contributed by atoms with van der Waals surface area (Å²) in [5, 5.41) is 14.9. The summed E-state index contributed by atoms with van der Waals surface area (Å²) >= 11 is 0. The van der Waals surface area contributed by atoms with Crippen LogP contribution in [0.3, 0.4) is 0 Å². The number of carbonyl (C=O) groups excluding carboxylic acids is 1. The first-order valence-electron chi connectivity index (χ1n) is 7.56. The summed E-state index contributed by atoms with van der Waals surface area (Å²) in [5.74, 6) is -0.775. The molecule has 20 heavy (non-hydrogen) atoms. The third-order valence-electron chi connectivity index (χ3n) is 4.40. The first kappa shape index (κ1) is 16.8. The van der Waals surface area contributed by atoms with Crippen molar-refractivity contribution in [3.63, 3.8) is 0 Å². The van der Waals surface area contributed by atoms with Gasteiger partial charge in [0.15, 0.2) is 0 Å². The average Bonchev–Trinajstić information content (AvgIpc) is 2.36. The van der Waals surface area contributed by atoms with Gasteiger partial charge in [0.25, 0.3) is 0 Å². The summed E-state index contributed by atoms with van der Waals surface area (Å²) in [6, 6.07) is -0.202. The van der Waals surface area contributed by atoms with Crippen molar-refractivity contribution >= 4 is 12.0 Å². The lowest BCUT2D eigenvalue weighted by Crippen LogP contribution is -2.50. The van der Waals surface area contributed by atoms with Gasteiger partial charge in [-0.1, -0.05) is 26.2 Å². The molecule has 0 aliphatic heterocycles. The first-order valence-corrected chi connectivity index (χ1v) is 7.56. The van der Waals surface area contributed by atoms with Crippen molar-refractivity contribution in [2.45, 2.75) is 71.3 Å². The summed E-state index contributed by atoms with van der Waals surface area (Å²) in [6.07, 6.45) is 6.03. The maximum atomic E-state index is 11.9. The molecule has 0 aromatic rings. The minimum absolute atomic E-state index is 0.143. The fourth-order valence-electron chi connectivity index (χ4n) is 2.75. The maximum Gasteiger partial charge on any atom is 0.315 e. The van der Waals surface area contributed by atoms with E-state index in [9.17, 15) is 9.59 Å². The molecule has 0 bridgehead atoms. The van der Waals surface area contributed by atoms with Crippen LogP contribution in [0.1, 0.15) is 65.7 Å². The van der Waals surface area contributed by atoms with E-state index in [4.69, 9.17) is 5.11 Å². The molecule has 0 spiro atoms. The second-order valence-corrected chi connectivity index (χ2v) is 6.68. The van der Waals surface area contributed by atoms with E-state index in [0.717, 1.165) is 38.5 Å². The second-order valence-electron chi connectivity index (χ2n) is 6.68. The molecular weight excluding hydrogens is 256 g/mol. The topological polar surface area (TPSA) is 78.4 Å². The highest BCUT2D eigenvalue weighted by molar-refractivity contribution is 5.75. The third kappa shape index (κ3) is 5.39. The van der Waals surface area contributed by atoms with Gasteiger partial charge in [-0.15, -0.1) is 0 Å². The second kappa shape index (κ2) is 6.95. The minimum atomic E-state index is -0.775. The SMILES string of the molecule is CCC(C)(C)NC(=O)NCC1(CC(=O)O)CCCCC1. The molecule has 0 heterocycles. The lowest BCUT2D eigenvalue weighted by atomic mass is 9.72. The number of nitrogens with one attached hydrogen (secondary N) is 2. The Morgan fingerprint density at radius 3 is 2.30 bits per heavy atom. The van der Waals surface area contributed by atoms with Gasteiger partial charge in [0.2, 0.25) is 0 Å². The van der Waals surface area contributed by atoms with E-state index in [2.05, 4.69) is 10.6 Å². The average molecular weight is 284 g/mol. The molecular formula is C15H28N2O3. The van der Waals surface area contributed by atoms with Crippen LogP contribution < -0.4 is 10.6 Å². The van der Waals surface area contributed by atoms with Gasteiger partial charge in [-0.2, -0.15) is 0 Å². The van der Waals surface area contributed by atoms with Crippen LogP contribution >= 0.6 is 0 Å². The van der Waals surface area contributed by atoms with Gasteiger partial charge in [0.1, 0.15) is 0 Å². The highest BCUT2D eigenvalue weighted by Crippen LogP contribution is 2.38. The van der Waals surface area contributed by atoms with Gasteiger partial charge in [0, 0.05) is 12.1 Å². The summed E-state index contributed by atoms with van der Waals surface area (Å²) in [4.78, 5) is 23.0. The molecule has 1 rings (SSSR count). The van der Waals surface area contributed by atoms with Crippen molar-refractivity contribution in [3.8, 4) is 0 Å². The Bertz CT molecular complexity index is 347. The Kier molecular flexibility index (Phi) is 5.84. The number of amides is 2. The summed E-state index contributed by atoms with van der Waals surface area (Å²) in [5.41, 5.74) is -0.506. The first-order chi connectivity index (χ1) is 9.29. The lowest BCUT2D eigenvalue weighted by Gasteiger charge is -2.36. The number of carbonyl (C=O) groups is 2. The molecule has 3 N–H and O–H groups in total. The van der Waals surface area contributed by atoms with Crippen LogP contribution in [0.2, 0.25) is 0 Å². The Balaban J connectivity index is 2.54. The van der Waals surface area contributed by atoms with Crippen LogP contribution in [0.4, 0.5) is 4.79 Å². The fourth-order valence-corrected chi connectivity index (χ4v) is 2.75. The van der Waals surface area contributed by atoms with E-state index in [1.807, 2.05) is 20.8 Å². The lowest BCUT2D eigenvalue weighted by molar-refractivity contribution is -0.140. The Hall–Kier alpha value is -1.26. The van der Waals surface area contributed by atoms with E-state index < -0.39 is 5.97 Å². The largest absolute Gasteiger partial charge is 0.481 e. The number of hydrogen-bond acceptors (Lipinski definition) is 2. The number of rotatable bonds is 6. The van der Waals surface area contributed by atoms with Crippen LogP contribution in [0, 0.1) is 5.41 Å². The summed E-state index contributed by atoms with van der Waals surface area (Å²) in [7, 11) is 0. The standard InChI is InChI=1S/C15H28N2O3/c1-4-14(2,3)17-13(20)16-11-15(10-12(18)19)8-6-5-7-9-15/h4-11H2,1-3H3,(H,18,19)(H2,16,17,20). The quantitative estimate of drug-likeness (QED) is 0.701. The number of carboxylic acid groups (broad SMARTS) is 1. The number of carboxylic acids is 1. The van der Waals surface area contributed by atoms with Crippen LogP contribution in [0.25, 0.3) is 0 Å². The zero-order valence-corrected chi connectivity index (χ0v) is 12.9. The van der Waals surface area contributed by atoms with Crippen molar-refractivity contribution < 1.29 is 14.7 Å². The van der Waals surface area contributed by atoms with Crippen molar-refractivity contribution in [2.75, 3.05) is 6.54 Å². The van der Waals surface area contributed by atoms with Crippen molar-refractivity contribution in [1.29, 1.82) is 0 Å². The van der Waals surface area contributed by atoms with Gasteiger partial charge < -0.3 is 15.7 Å². The van der Waals surface area contributed by atoms with Gasteiger partial charge in [0.05, 0.1) is 6.42 Å². The molecule has 5 heteroatoms. The Morgan fingerprint density at radius 2 is 1.80 bits per heavy atom. The zero-order chi connectivity index (χ0) is 15.2. The molecule has 0 aromatic heterocycles. The third-order valence-corrected chi connectivity index (χ3v) is 4.40. The molecule has 5 nitrogen and oxygen atoms in total. The number of hydrogen-bond donors (Lipinski definition) is 3. The molecule has 0 radical (unpaired) electrons. The molecule has 1 saturated carbocycles. The maximum absolute atomic E-state index is 11.9. The van der Waals surface area contributed by atoms with E-state index in [1.54, 1.807) is 0 Å². The normalized spacial score (nSPS) is 18.4. The fraction of sp³-hybridized carbons (Fsp3) is 0.867. The van der Waals surface area contributed by atoms with Crippen LogP contribution in [0.15, 0.2) is 0 Å². The van der Waals surface area contributed by atoms with E-state index in [0.29, 0.717) is 6.54 Å². The summed E-state index contributed by atoms with van der Waals surface area (Å²) < 4.78 is 0. The van der Waals surface area contributed by atoms with Crippen LogP contribution in [0.5, 0.6) is 0 Å². The smallest absolute Gasteiger partial charge is 0.315 e. The molecule has 2 amide bonds. The minimum Gasteiger partial charge on any atom is -0.481 e. The van der Waals surface area contributed by atoms with E-state index in [-0.39, 0.29) is 23.4 Å². The highest BCUT2D eigenvalue weighted by atomic mass is 16.4. The van der Waals surface area contributed by atoms with Crippen molar-refractivity contribution in [2.24, 2.45) is 5.41 Å². The molecule has 0 atom stereocenters.